The van der Waals surface area contributed by atoms with Crippen molar-refractivity contribution in [1.82, 2.24) is 4.90 Å². The minimum Gasteiger partial charge on any atom is -0.478 e. The summed E-state index contributed by atoms with van der Waals surface area (Å²) >= 11 is 0. The van der Waals surface area contributed by atoms with Crippen LogP contribution in [0.2, 0.25) is 0 Å². The second-order valence-electron chi connectivity index (χ2n) is 8.62. The Balaban J connectivity index is 1.46. The van der Waals surface area contributed by atoms with Gasteiger partial charge in [0.15, 0.2) is 0 Å². The van der Waals surface area contributed by atoms with Crippen molar-refractivity contribution in [3.05, 3.63) is 59.2 Å². The van der Waals surface area contributed by atoms with Crippen molar-refractivity contribution in [2.75, 3.05) is 36.4 Å². The van der Waals surface area contributed by atoms with Crippen molar-refractivity contribution in [2.45, 2.75) is 45.1 Å². The number of carbonyl (C=O) groups excluding carboxylic acids is 1. The molecule has 164 valence electrons. The van der Waals surface area contributed by atoms with E-state index in [1.807, 2.05) is 25.1 Å². The summed E-state index contributed by atoms with van der Waals surface area (Å²) in [4.78, 5) is 29.5. The summed E-state index contributed by atoms with van der Waals surface area (Å²) in [6.45, 7) is 6.14. The van der Waals surface area contributed by atoms with Gasteiger partial charge in [-0.05, 0) is 75.5 Å². The van der Waals surface area contributed by atoms with Crippen LogP contribution < -0.4 is 10.2 Å². The molecule has 0 unspecified atom stereocenters. The Morgan fingerprint density at radius 2 is 1.65 bits per heavy atom. The van der Waals surface area contributed by atoms with Crippen LogP contribution in [0.25, 0.3) is 0 Å². The number of benzene rings is 2. The Labute approximate surface area is 183 Å². The van der Waals surface area contributed by atoms with Gasteiger partial charge in [-0.15, -0.1) is 0 Å². The third-order valence-electron chi connectivity index (χ3n) is 6.61. The molecule has 6 heteroatoms. The largest absolute Gasteiger partial charge is 0.478 e. The topological polar surface area (TPSA) is 72.9 Å². The van der Waals surface area contributed by atoms with Crippen molar-refractivity contribution < 1.29 is 14.7 Å². The third-order valence-corrected chi connectivity index (χ3v) is 6.61. The molecular formula is C25H31N3O3. The van der Waals surface area contributed by atoms with E-state index in [0.29, 0.717) is 17.3 Å². The first kappa shape index (κ1) is 21.4. The summed E-state index contributed by atoms with van der Waals surface area (Å²) in [7, 11) is 0. The summed E-state index contributed by atoms with van der Waals surface area (Å²) in [5, 5.41) is 12.5. The maximum Gasteiger partial charge on any atom is 0.337 e. The number of piperidine rings is 2. The molecule has 2 aliphatic rings. The van der Waals surface area contributed by atoms with Gasteiger partial charge in [0.2, 0.25) is 0 Å². The standard InChI is InChI=1S/C25H31N3O3/c1-18-7-3-4-8-21(18)24(29)26-23-10-9-20(17-22(23)25(30)31)28-15-11-19(12-16-28)27-13-5-2-6-14-27/h3-4,7-10,17,19H,2,5-6,11-16H2,1H3,(H,26,29)(H,30,31). The SMILES string of the molecule is Cc1ccccc1C(=O)Nc1ccc(N2CCC(N3CCCCC3)CC2)cc1C(=O)O. The van der Waals surface area contributed by atoms with E-state index in [0.717, 1.165) is 37.2 Å². The highest BCUT2D eigenvalue weighted by Gasteiger charge is 2.26. The minimum atomic E-state index is -1.04. The lowest BCUT2D eigenvalue weighted by Gasteiger charge is -2.41. The van der Waals surface area contributed by atoms with Gasteiger partial charge >= 0.3 is 5.97 Å². The van der Waals surface area contributed by atoms with E-state index in [9.17, 15) is 14.7 Å². The molecule has 1 amide bonds. The molecule has 31 heavy (non-hydrogen) atoms. The molecule has 0 radical (unpaired) electrons. The van der Waals surface area contributed by atoms with Gasteiger partial charge in [-0.1, -0.05) is 24.6 Å². The second kappa shape index (κ2) is 9.52. The fourth-order valence-electron chi connectivity index (χ4n) is 4.80. The molecule has 2 aliphatic heterocycles. The average molecular weight is 422 g/mol. The second-order valence-corrected chi connectivity index (χ2v) is 8.62. The van der Waals surface area contributed by atoms with E-state index in [1.54, 1.807) is 24.3 Å². The average Bonchev–Trinajstić information content (AvgIpc) is 2.80. The van der Waals surface area contributed by atoms with Crippen molar-refractivity contribution in [3.63, 3.8) is 0 Å². The first-order valence-electron chi connectivity index (χ1n) is 11.3. The highest BCUT2D eigenvalue weighted by molar-refractivity contribution is 6.08. The van der Waals surface area contributed by atoms with Crippen LogP contribution in [0, 0.1) is 6.92 Å². The lowest BCUT2D eigenvalue weighted by Crippen LogP contribution is -2.46. The summed E-state index contributed by atoms with van der Waals surface area (Å²) in [5.41, 5.74) is 2.75. The molecule has 6 nitrogen and oxygen atoms in total. The van der Waals surface area contributed by atoms with Gasteiger partial charge in [0.05, 0.1) is 11.3 Å². The molecule has 2 aromatic rings. The molecule has 0 bridgehead atoms. The van der Waals surface area contributed by atoms with E-state index in [4.69, 9.17) is 0 Å². The van der Waals surface area contributed by atoms with E-state index in [1.165, 1.54) is 32.4 Å². The number of nitrogens with zero attached hydrogens (tertiary/aromatic N) is 2. The van der Waals surface area contributed by atoms with Crippen molar-refractivity contribution in [2.24, 2.45) is 0 Å². The molecule has 0 saturated carbocycles. The molecular weight excluding hydrogens is 390 g/mol. The van der Waals surface area contributed by atoms with Crippen LogP contribution in [0.1, 0.15) is 58.4 Å². The number of carboxylic acids is 1. The number of hydrogen-bond donors (Lipinski definition) is 2. The van der Waals surface area contributed by atoms with Crippen LogP contribution in [0.4, 0.5) is 11.4 Å². The van der Waals surface area contributed by atoms with Gasteiger partial charge in [-0.2, -0.15) is 0 Å². The quantitative estimate of drug-likeness (QED) is 0.749. The number of carboxylic acid groups (broad SMARTS) is 1. The monoisotopic (exact) mass is 421 g/mol. The minimum absolute atomic E-state index is 0.123. The number of hydrogen-bond acceptors (Lipinski definition) is 4. The zero-order valence-electron chi connectivity index (χ0n) is 18.1. The van der Waals surface area contributed by atoms with Crippen LogP contribution in [-0.4, -0.2) is 54.1 Å². The Kier molecular flexibility index (Phi) is 6.56. The number of aromatic carboxylic acids is 1. The van der Waals surface area contributed by atoms with E-state index in [-0.39, 0.29) is 11.5 Å². The predicted octanol–water partition coefficient (Wildman–Crippen LogP) is 4.40. The first-order valence-corrected chi connectivity index (χ1v) is 11.3. The normalized spacial score (nSPS) is 18.0. The van der Waals surface area contributed by atoms with Gasteiger partial charge in [0, 0.05) is 30.4 Å². The summed E-state index contributed by atoms with van der Waals surface area (Å²) in [6, 6.07) is 13.2. The van der Waals surface area contributed by atoms with Crippen molar-refractivity contribution in [1.29, 1.82) is 0 Å². The number of rotatable bonds is 5. The van der Waals surface area contributed by atoms with Gasteiger partial charge in [-0.3, -0.25) is 4.79 Å². The molecule has 2 aromatic carbocycles. The van der Waals surface area contributed by atoms with E-state index >= 15 is 0 Å². The fourth-order valence-corrected chi connectivity index (χ4v) is 4.80. The Bertz CT molecular complexity index is 945. The van der Waals surface area contributed by atoms with Crippen LogP contribution in [0.5, 0.6) is 0 Å². The van der Waals surface area contributed by atoms with Gasteiger partial charge < -0.3 is 20.2 Å². The molecule has 2 N–H and O–H groups in total. The maximum absolute atomic E-state index is 12.7. The number of nitrogens with one attached hydrogen (secondary N) is 1. The summed E-state index contributed by atoms with van der Waals surface area (Å²) in [5.74, 6) is -1.33. The fraction of sp³-hybridized carbons (Fsp3) is 0.440. The van der Waals surface area contributed by atoms with Gasteiger partial charge in [-0.25, -0.2) is 4.79 Å². The molecule has 0 spiro atoms. The molecule has 2 heterocycles. The Morgan fingerprint density at radius 1 is 0.935 bits per heavy atom. The highest BCUT2D eigenvalue weighted by Crippen LogP contribution is 2.28. The number of anilines is 2. The van der Waals surface area contributed by atoms with E-state index < -0.39 is 5.97 Å². The van der Waals surface area contributed by atoms with Gasteiger partial charge in [0.1, 0.15) is 0 Å². The van der Waals surface area contributed by atoms with Crippen LogP contribution in [0.3, 0.4) is 0 Å². The molecule has 0 aliphatic carbocycles. The predicted molar refractivity (Wildman–Crippen MR) is 123 cm³/mol. The number of amides is 1. The lowest BCUT2D eigenvalue weighted by molar-refractivity contribution is 0.0698. The smallest absolute Gasteiger partial charge is 0.337 e. The first-order chi connectivity index (χ1) is 15.0. The molecule has 0 aromatic heterocycles. The summed E-state index contributed by atoms with van der Waals surface area (Å²) in [6.07, 6.45) is 6.16. The molecule has 2 saturated heterocycles. The zero-order chi connectivity index (χ0) is 21.8. The molecule has 4 rings (SSSR count). The van der Waals surface area contributed by atoms with Crippen molar-refractivity contribution >= 4 is 23.3 Å². The van der Waals surface area contributed by atoms with Crippen LogP contribution in [0.15, 0.2) is 42.5 Å². The number of carbonyl (C=O) groups is 2. The van der Waals surface area contributed by atoms with Crippen molar-refractivity contribution in [3.8, 4) is 0 Å². The summed E-state index contributed by atoms with van der Waals surface area (Å²) < 4.78 is 0. The zero-order valence-corrected chi connectivity index (χ0v) is 18.1. The molecule has 2 fully saturated rings. The molecule has 0 atom stereocenters. The van der Waals surface area contributed by atoms with Gasteiger partial charge in [0.25, 0.3) is 5.91 Å². The van der Waals surface area contributed by atoms with E-state index in [2.05, 4.69) is 15.1 Å². The number of aryl methyl sites for hydroxylation is 1. The van der Waals surface area contributed by atoms with Crippen LogP contribution >= 0.6 is 0 Å². The Morgan fingerprint density at radius 3 is 2.32 bits per heavy atom. The van der Waals surface area contributed by atoms with Crippen LogP contribution in [-0.2, 0) is 0 Å². The lowest BCUT2D eigenvalue weighted by atomic mass is 9.99. The number of likely N-dealkylation sites (tertiary alicyclic amines) is 1. The Hall–Kier alpha value is -2.86. The third kappa shape index (κ3) is 4.90. The highest BCUT2D eigenvalue weighted by atomic mass is 16.4. The maximum atomic E-state index is 12.7.